The highest BCUT2D eigenvalue weighted by molar-refractivity contribution is 7.07. The molecule has 1 N–H and O–H groups in total. The van der Waals surface area contributed by atoms with Gasteiger partial charge in [-0.15, -0.1) is 11.3 Å². The van der Waals surface area contributed by atoms with E-state index in [0.717, 1.165) is 5.69 Å². The van der Waals surface area contributed by atoms with Crippen LogP contribution in [0, 0.1) is 5.82 Å². The highest BCUT2D eigenvalue weighted by Gasteiger charge is 2.20. The zero-order valence-electron chi connectivity index (χ0n) is 13.7. The van der Waals surface area contributed by atoms with Crippen LogP contribution >= 0.6 is 11.3 Å². The fourth-order valence-corrected chi connectivity index (χ4v) is 2.78. The molecule has 2 amide bonds. The van der Waals surface area contributed by atoms with E-state index < -0.39 is 0 Å². The monoisotopic (exact) mass is 349 g/mol. The van der Waals surface area contributed by atoms with Crippen molar-refractivity contribution in [3.63, 3.8) is 0 Å². The molecule has 0 bridgehead atoms. The van der Waals surface area contributed by atoms with E-state index in [1.54, 1.807) is 5.51 Å². The summed E-state index contributed by atoms with van der Waals surface area (Å²) >= 11 is 1.49. The van der Waals surface area contributed by atoms with Gasteiger partial charge in [0.05, 0.1) is 11.2 Å². The quantitative estimate of drug-likeness (QED) is 0.835. The first-order chi connectivity index (χ1) is 11.5. The summed E-state index contributed by atoms with van der Waals surface area (Å²) in [6, 6.07) is 5.42. The van der Waals surface area contributed by atoms with Crippen molar-refractivity contribution in [2.45, 2.75) is 32.7 Å². The number of nitrogens with zero attached hydrogens (tertiary/aromatic N) is 2. The van der Waals surface area contributed by atoms with Crippen LogP contribution in [0.1, 0.15) is 26.0 Å². The van der Waals surface area contributed by atoms with E-state index in [9.17, 15) is 14.0 Å². The Morgan fingerprint density at radius 2 is 2.00 bits per heavy atom. The van der Waals surface area contributed by atoms with Gasteiger partial charge in [-0.05, 0) is 44.5 Å². The number of nitrogens with one attached hydrogen (secondary N) is 1. The van der Waals surface area contributed by atoms with Crippen LogP contribution in [0.4, 0.5) is 10.1 Å². The van der Waals surface area contributed by atoms with Gasteiger partial charge in [-0.1, -0.05) is 0 Å². The van der Waals surface area contributed by atoms with Crippen molar-refractivity contribution in [1.82, 2.24) is 9.88 Å². The van der Waals surface area contributed by atoms with Gasteiger partial charge in [-0.3, -0.25) is 9.59 Å². The first-order valence-corrected chi connectivity index (χ1v) is 8.62. The number of benzene rings is 1. The average molecular weight is 349 g/mol. The predicted octanol–water partition coefficient (Wildman–Crippen LogP) is 3.09. The van der Waals surface area contributed by atoms with Gasteiger partial charge in [0, 0.05) is 23.5 Å². The van der Waals surface area contributed by atoms with Gasteiger partial charge in [0.1, 0.15) is 12.4 Å². The molecule has 7 heteroatoms. The molecule has 24 heavy (non-hydrogen) atoms. The SMILES string of the molecule is CC(C)N(CC(=O)Nc1ccc(F)cc1)C(=O)CCc1cscn1. The van der Waals surface area contributed by atoms with Crippen molar-refractivity contribution in [1.29, 1.82) is 0 Å². The first-order valence-electron chi connectivity index (χ1n) is 7.67. The smallest absolute Gasteiger partial charge is 0.244 e. The Labute approximate surface area is 144 Å². The van der Waals surface area contributed by atoms with Gasteiger partial charge < -0.3 is 10.2 Å². The Morgan fingerprint density at radius 1 is 1.29 bits per heavy atom. The standard InChI is InChI=1S/C17H20FN3O2S/c1-12(2)21(17(23)8-7-15-10-24-11-19-15)9-16(22)20-14-5-3-13(18)4-6-14/h3-6,10-12H,7-9H2,1-2H3,(H,20,22). The molecule has 0 unspecified atom stereocenters. The molecular formula is C17H20FN3O2S. The fraction of sp³-hybridized carbons (Fsp3) is 0.353. The van der Waals surface area contributed by atoms with Crippen LogP contribution in [0.15, 0.2) is 35.2 Å². The third-order valence-corrected chi connectivity index (χ3v) is 4.10. The lowest BCUT2D eigenvalue weighted by molar-refractivity contribution is -0.136. The minimum absolute atomic E-state index is 0.0368. The lowest BCUT2D eigenvalue weighted by atomic mass is 10.2. The summed E-state index contributed by atoms with van der Waals surface area (Å²) in [6.45, 7) is 3.70. The van der Waals surface area contributed by atoms with Crippen molar-refractivity contribution in [2.75, 3.05) is 11.9 Å². The number of aromatic nitrogens is 1. The number of carbonyl (C=O) groups excluding carboxylic acids is 2. The van der Waals surface area contributed by atoms with E-state index in [0.29, 0.717) is 18.5 Å². The molecule has 0 aliphatic heterocycles. The molecule has 1 heterocycles. The van der Waals surface area contributed by atoms with Crippen molar-refractivity contribution in [3.05, 3.63) is 46.7 Å². The highest BCUT2D eigenvalue weighted by Crippen LogP contribution is 2.10. The second-order valence-electron chi connectivity index (χ2n) is 5.65. The molecule has 2 aromatic rings. The number of aryl methyl sites for hydroxylation is 1. The molecule has 0 fully saturated rings. The van der Waals surface area contributed by atoms with Crippen LogP contribution in [0.3, 0.4) is 0 Å². The number of anilines is 1. The van der Waals surface area contributed by atoms with Gasteiger partial charge in [-0.2, -0.15) is 0 Å². The van der Waals surface area contributed by atoms with E-state index in [2.05, 4.69) is 10.3 Å². The summed E-state index contributed by atoms with van der Waals surface area (Å²) in [5, 5.41) is 4.58. The van der Waals surface area contributed by atoms with Gasteiger partial charge in [0.25, 0.3) is 0 Å². The molecule has 0 atom stereocenters. The molecule has 128 valence electrons. The van der Waals surface area contributed by atoms with E-state index in [4.69, 9.17) is 0 Å². The van der Waals surface area contributed by atoms with Crippen LogP contribution < -0.4 is 5.32 Å². The maximum absolute atomic E-state index is 12.9. The Kier molecular flexibility index (Phi) is 6.43. The Morgan fingerprint density at radius 3 is 2.58 bits per heavy atom. The number of hydrogen-bond acceptors (Lipinski definition) is 4. The van der Waals surface area contributed by atoms with Crippen LogP contribution in [-0.4, -0.2) is 34.3 Å². The van der Waals surface area contributed by atoms with Crippen LogP contribution in [0.25, 0.3) is 0 Å². The molecule has 1 aromatic heterocycles. The zero-order chi connectivity index (χ0) is 17.5. The van der Waals surface area contributed by atoms with E-state index in [-0.39, 0.29) is 30.2 Å². The largest absolute Gasteiger partial charge is 0.331 e. The van der Waals surface area contributed by atoms with Gasteiger partial charge >= 0.3 is 0 Å². The summed E-state index contributed by atoms with van der Waals surface area (Å²) in [6.07, 6.45) is 0.872. The molecule has 0 spiro atoms. The van der Waals surface area contributed by atoms with Crippen LogP contribution in [-0.2, 0) is 16.0 Å². The third kappa shape index (κ3) is 5.42. The fourth-order valence-electron chi connectivity index (χ4n) is 2.19. The molecule has 2 rings (SSSR count). The second kappa shape index (κ2) is 8.54. The van der Waals surface area contributed by atoms with E-state index >= 15 is 0 Å². The molecule has 0 saturated carbocycles. The number of carbonyl (C=O) groups is 2. The normalized spacial score (nSPS) is 10.7. The Bertz CT molecular complexity index is 672. The van der Waals surface area contributed by atoms with Crippen molar-refractivity contribution in [3.8, 4) is 0 Å². The average Bonchev–Trinajstić information content (AvgIpc) is 3.06. The summed E-state index contributed by atoms with van der Waals surface area (Å²) < 4.78 is 12.9. The molecule has 0 radical (unpaired) electrons. The van der Waals surface area contributed by atoms with E-state index in [1.165, 1.54) is 40.5 Å². The van der Waals surface area contributed by atoms with Crippen LogP contribution in [0.5, 0.6) is 0 Å². The number of halogens is 1. The lowest BCUT2D eigenvalue weighted by Crippen LogP contribution is -2.42. The number of hydrogen-bond donors (Lipinski definition) is 1. The van der Waals surface area contributed by atoms with Crippen molar-refractivity contribution < 1.29 is 14.0 Å². The zero-order valence-corrected chi connectivity index (χ0v) is 14.5. The molecule has 1 aromatic carbocycles. The van der Waals surface area contributed by atoms with E-state index in [1.807, 2.05) is 19.2 Å². The highest BCUT2D eigenvalue weighted by atomic mass is 32.1. The van der Waals surface area contributed by atoms with Gasteiger partial charge in [0.15, 0.2) is 0 Å². The topological polar surface area (TPSA) is 62.3 Å². The lowest BCUT2D eigenvalue weighted by Gasteiger charge is -2.26. The summed E-state index contributed by atoms with van der Waals surface area (Å²) in [5.74, 6) is -0.765. The Balaban J connectivity index is 1.90. The molecule has 5 nitrogen and oxygen atoms in total. The number of rotatable bonds is 7. The second-order valence-corrected chi connectivity index (χ2v) is 6.37. The third-order valence-electron chi connectivity index (χ3n) is 3.46. The van der Waals surface area contributed by atoms with Crippen LogP contribution in [0.2, 0.25) is 0 Å². The molecule has 0 aliphatic rings. The predicted molar refractivity (Wildman–Crippen MR) is 92.3 cm³/mol. The number of amides is 2. The molecule has 0 aliphatic carbocycles. The maximum atomic E-state index is 12.9. The van der Waals surface area contributed by atoms with Crippen molar-refractivity contribution >= 4 is 28.8 Å². The Hall–Kier alpha value is -2.28. The summed E-state index contributed by atoms with van der Waals surface area (Å²) in [7, 11) is 0. The number of thiazole rings is 1. The van der Waals surface area contributed by atoms with Gasteiger partial charge in [-0.25, -0.2) is 9.37 Å². The minimum Gasteiger partial charge on any atom is -0.331 e. The van der Waals surface area contributed by atoms with Crippen molar-refractivity contribution in [2.24, 2.45) is 0 Å². The summed E-state index contributed by atoms with van der Waals surface area (Å²) in [4.78, 5) is 30.2. The molecule has 0 saturated heterocycles. The van der Waals surface area contributed by atoms with Gasteiger partial charge in [0.2, 0.25) is 11.8 Å². The molecular weight excluding hydrogens is 329 g/mol. The first kappa shape index (κ1) is 18.1. The minimum atomic E-state index is -0.367. The summed E-state index contributed by atoms with van der Waals surface area (Å²) in [5.41, 5.74) is 3.11. The maximum Gasteiger partial charge on any atom is 0.244 e.